The average molecular weight is 388 g/mol. The van der Waals surface area contributed by atoms with Gasteiger partial charge in [0.2, 0.25) is 0 Å². The van der Waals surface area contributed by atoms with Crippen LogP contribution in [0, 0.1) is 13.8 Å². The van der Waals surface area contributed by atoms with E-state index in [2.05, 4.69) is 25.7 Å². The van der Waals surface area contributed by atoms with Crippen molar-refractivity contribution in [2.75, 3.05) is 13.2 Å². The second kappa shape index (κ2) is 6.96. The number of thiophene rings is 1. The third-order valence-corrected chi connectivity index (χ3v) is 5.55. The summed E-state index contributed by atoms with van der Waals surface area (Å²) in [5, 5.41) is 18.5. The fourth-order valence-corrected chi connectivity index (χ4v) is 4.45. The number of ether oxygens (including phenoxy) is 1. The number of rotatable bonds is 6. The number of thiazole rings is 1. The standard InChI is InChI=1S/C16H16N6O2S2/c1-9-19-21-22(20-9)5-4-17-14(23)8-24-12-7-13-15(18-10(2)26-13)16-11(12)3-6-25-16/h3,6-7H,4-5,8H2,1-2H3,(H,17,23). The molecule has 0 spiro atoms. The van der Waals surface area contributed by atoms with Crippen LogP contribution in [-0.4, -0.2) is 44.3 Å². The zero-order valence-electron chi connectivity index (χ0n) is 14.2. The molecule has 0 unspecified atom stereocenters. The number of carbonyl (C=O) groups excluding carboxylic acids is 1. The number of hydrogen-bond acceptors (Lipinski definition) is 8. The highest BCUT2D eigenvalue weighted by Gasteiger charge is 2.13. The van der Waals surface area contributed by atoms with Crippen LogP contribution in [0.15, 0.2) is 17.5 Å². The molecule has 4 aromatic rings. The molecule has 0 aliphatic rings. The first-order valence-corrected chi connectivity index (χ1v) is 9.71. The Kier molecular flexibility index (Phi) is 4.51. The van der Waals surface area contributed by atoms with Gasteiger partial charge in [-0.25, -0.2) is 4.98 Å². The molecule has 0 atom stereocenters. The van der Waals surface area contributed by atoms with Gasteiger partial charge in [-0.15, -0.1) is 32.9 Å². The van der Waals surface area contributed by atoms with E-state index in [1.807, 2.05) is 24.4 Å². The van der Waals surface area contributed by atoms with Crippen LogP contribution in [0.2, 0.25) is 0 Å². The van der Waals surface area contributed by atoms with Crippen molar-refractivity contribution in [1.29, 1.82) is 0 Å². The summed E-state index contributed by atoms with van der Waals surface area (Å²) in [4.78, 5) is 18.1. The zero-order valence-corrected chi connectivity index (χ0v) is 15.9. The molecule has 0 saturated heterocycles. The average Bonchev–Trinajstić information content (AvgIpc) is 3.31. The van der Waals surface area contributed by atoms with Crippen LogP contribution < -0.4 is 10.1 Å². The maximum Gasteiger partial charge on any atom is 0.258 e. The molecular formula is C16H16N6O2S2. The number of fused-ring (bicyclic) bond motifs is 3. The Balaban J connectivity index is 1.40. The van der Waals surface area contributed by atoms with Crippen molar-refractivity contribution < 1.29 is 9.53 Å². The second-order valence-electron chi connectivity index (χ2n) is 5.69. The van der Waals surface area contributed by atoms with E-state index in [1.165, 1.54) is 4.80 Å². The number of tetrazole rings is 1. The number of amides is 1. The zero-order chi connectivity index (χ0) is 18.1. The Morgan fingerprint density at radius 1 is 1.38 bits per heavy atom. The van der Waals surface area contributed by atoms with E-state index in [1.54, 1.807) is 29.6 Å². The predicted octanol–water partition coefficient (Wildman–Crippen LogP) is 2.31. The van der Waals surface area contributed by atoms with E-state index >= 15 is 0 Å². The topological polar surface area (TPSA) is 94.8 Å². The van der Waals surface area contributed by atoms with Crippen molar-refractivity contribution in [2.24, 2.45) is 0 Å². The molecule has 0 fully saturated rings. The van der Waals surface area contributed by atoms with Crippen LogP contribution in [0.5, 0.6) is 5.75 Å². The molecule has 1 aromatic carbocycles. The molecule has 0 aliphatic carbocycles. The fourth-order valence-electron chi connectivity index (χ4n) is 2.61. The van der Waals surface area contributed by atoms with Gasteiger partial charge in [0.05, 0.1) is 26.5 Å². The van der Waals surface area contributed by atoms with Gasteiger partial charge in [-0.2, -0.15) is 4.80 Å². The number of carbonyl (C=O) groups is 1. The molecule has 1 N–H and O–H groups in total. The molecule has 0 radical (unpaired) electrons. The Morgan fingerprint density at radius 2 is 2.27 bits per heavy atom. The third-order valence-electron chi connectivity index (χ3n) is 3.71. The number of nitrogens with zero attached hydrogens (tertiary/aromatic N) is 5. The van der Waals surface area contributed by atoms with Gasteiger partial charge in [0.25, 0.3) is 5.91 Å². The first-order chi connectivity index (χ1) is 12.6. The lowest BCUT2D eigenvalue weighted by Crippen LogP contribution is -2.32. The summed E-state index contributed by atoms with van der Waals surface area (Å²) in [6.07, 6.45) is 0. The summed E-state index contributed by atoms with van der Waals surface area (Å²) in [7, 11) is 0. The highest BCUT2D eigenvalue weighted by atomic mass is 32.1. The molecule has 1 amide bonds. The third kappa shape index (κ3) is 3.37. The van der Waals surface area contributed by atoms with Crippen LogP contribution in [0.1, 0.15) is 10.8 Å². The first kappa shape index (κ1) is 16.9. The van der Waals surface area contributed by atoms with E-state index in [0.29, 0.717) is 24.7 Å². The van der Waals surface area contributed by atoms with Crippen LogP contribution in [0.4, 0.5) is 0 Å². The largest absolute Gasteiger partial charge is 0.483 e. The van der Waals surface area contributed by atoms with Crippen molar-refractivity contribution in [3.05, 3.63) is 28.3 Å². The highest BCUT2D eigenvalue weighted by molar-refractivity contribution is 7.21. The van der Waals surface area contributed by atoms with Gasteiger partial charge in [0.1, 0.15) is 5.75 Å². The minimum Gasteiger partial charge on any atom is -0.483 e. The van der Waals surface area contributed by atoms with Crippen molar-refractivity contribution >= 4 is 48.9 Å². The Labute approximate surface area is 156 Å². The van der Waals surface area contributed by atoms with Gasteiger partial charge >= 0.3 is 0 Å². The molecule has 3 aromatic heterocycles. The maximum atomic E-state index is 12.0. The van der Waals surface area contributed by atoms with Crippen molar-refractivity contribution in [3.63, 3.8) is 0 Å². The number of aryl methyl sites for hydroxylation is 2. The summed E-state index contributed by atoms with van der Waals surface area (Å²) in [5.74, 6) is 1.13. The van der Waals surface area contributed by atoms with Crippen molar-refractivity contribution in [3.8, 4) is 5.75 Å². The van der Waals surface area contributed by atoms with Gasteiger partial charge in [-0.05, 0) is 30.5 Å². The first-order valence-electron chi connectivity index (χ1n) is 8.01. The quantitative estimate of drug-likeness (QED) is 0.545. The minimum absolute atomic E-state index is 0.0436. The lowest BCUT2D eigenvalue weighted by molar-refractivity contribution is -0.123. The maximum absolute atomic E-state index is 12.0. The molecule has 8 nitrogen and oxygen atoms in total. The van der Waals surface area contributed by atoms with Crippen molar-refractivity contribution in [1.82, 2.24) is 30.5 Å². The van der Waals surface area contributed by atoms with Gasteiger partial charge < -0.3 is 10.1 Å². The van der Waals surface area contributed by atoms with Gasteiger partial charge in [-0.3, -0.25) is 4.79 Å². The summed E-state index contributed by atoms with van der Waals surface area (Å²) in [6, 6.07) is 3.96. The molecule has 0 bridgehead atoms. The van der Waals surface area contributed by atoms with Gasteiger partial charge in [0.15, 0.2) is 12.4 Å². The molecule has 134 valence electrons. The molecule has 4 rings (SSSR count). The number of benzene rings is 1. The number of hydrogen-bond donors (Lipinski definition) is 1. The summed E-state index contributed by atoms with van der Waals surface area (Å²) in [5.41, 5.74) is 1.00. The van der Waals surface area contributed by atoms with E-state index in [4.69, 9.17) is 4.74 Å². The highest BCUT2D eigenvalue weighted by Crippen LogP contribution is 2.38. The van der Waals surface area contributed by atoms with Crippen LogP contribution in [-0.2, 0) is 11.3 Å². The van der Waals surface area contributed by atoms with E-state index in [0.717, 1.165) is 25.3 Å². The lowest BCUT2D eigenvalue weighted by Gasteiger charge is -2.08. The smallest absolute Gasteiger partial charge is 0.258 e. The van der Waals surface area contributed by atoms with Gasteiger partial charge in [-0.1, -0.05) is 0 Å². The molecule has 26 heavy (non-hydrogen) atoms. The van der Waals surface area contributed by atoms with Crippen LogP contribution >= 0.6 is 22.7 Å². The predicted molar refractivity (Wildman–Crippen MR) is 101 cm³/mol. The SMILES string of the molecule is Cc1nnn(CCNC(=O)COc2cc3sc(C)nc3c3sccc23)n1. The lowest BCUT2D eigenvalue weighted by atomic mass is 10.2. The number of aromatic nitrogens is 5. The molecule has 10 heteroatoms. The van der Waals surface area contributed by atoms with Crippen molar-refractivity contribution in [2.45, 2.75) is 20.4 Å². The molecular weight excluding hydrogens is 372 g/mol. The van der Waals surface area contributed by atoms with Crippen LogP contribution in [0.25, 0.3) is 20.3 Å². The Bertz CT molecular complexity index is 1080. The Morgan fingerprint density at radius 3 is 3.08 bits per heavy atom. The monoisotopic (exact) mass is 388 g/mol. The molecule has 0 aliphatic heterocycles. The van der Waals surface area contributed by atoms with Crippen LogP contribution in [0.3, 0.4) is 0 Å². The van der Waals surface area contributed by atoms with E-state index in [9.17, 15) is 4.79 Å². The summed E-state index contributed by atoms with van der Waals surface area (Å²) in [6.45, 7) is 4.59. The van der Waals surface area contributed by atoms with E-state index in [-0.39, 0.29) is 12.5 Å². The summed E-state index contributed by atoms with van der Waals surface area (Å²) < 4.78 is 7.95. The normalized spacial score (nSPS) is 11.3. The summed E-state index contributed by atoms with van der Waals surface area (Å²) >= 11 is 3.26. The molecule has 0 saturated carbocycles. The second-order valence-corrected chi connectivity index (χ2v) is 7.84. The number of nitrogens with one attached hydrogen (secondary N) is 1. The Hall–Kier alpha value is -2.59. The minimum atomic E-state index is -0.189. The molecule has 3 heterocycles. The van der Waals surface area contributed by atoms with Gasteiger partial charge in [0, 0.05) is 18.0 Å². The fraction of sp³-hybridized carbons (Fsp3) is 0.312. The van der Waals surface area contributed by atoms with E-state index < -0.39 is 0 Å².